The predicted molar refractivity (Wildman–Crippen MR) is 139 cm³/mol. The standard InChI is InChI=1S/C22H31N3O5S.HI/c1-6-16(15-31(26,27)18-11-9-8-10-12-18)24-22(23-7-2)25-17-13-19(28-3)21(30-5)20(14-17)29-4;/h8-14,16H,6-7,15H2,1-5H3,(H2,23,24,25);1H. The largest absolute Gasteiger partial charge is 0.493 e. The van der Waals surface area contributed by atoms with E-state index >= 15 is 0 Å². The number of hydrogen-bond acceptors (Lipinski definition) is 6. The molecule has 10 heteroatoms. The topological polar surface area (TPSA) is 98.2 Å². The minimum Gasteiger partial charge on any atom is -0.493 e. The number of anilines is 1. The maximum atomic E-state index is 12.8. The first-order chi connectivity index (χ1) is 14.9. The molecule has 1 atom stereocenters. The Kier molecular flexibility index (Phi) is 11.6. The first-order valence-electron chi connectivity index (χ1n) is 10.0. The summed E-state index contributed by atoms with van der Waals surface area (Å²) >= 11 is 0. The molecule has 2 rings (SSSR count). The molecule has 2 N–H and O–H groups in total. The van der Waals surface area contributed by atoms with E-state index in [2.05, 4.69) is 15.6 Å². The Hall–Kier alpha value is -2.21. The van der Waals surface area contributed by atoms with E-state index in [1.54, 1.807) is 56.7 Å². The zero-order valence-electron chi connectivity index (χ0n) is 19.0. The van der Waals surface area contributed by atoms with E-state index in [0.717, 1.165) is 0 Å². The number of aliphatic imine (C=N–C) groups is 1. The van der Waals surface area contributed by atoms with Crippen molar-refractivity contribution in [3.63, 3.8) is 0 Å². The van der Waals surface area contributed by atoms with E-state index in [1.165, 1.54) is 7.11 Å². The molecule has 0 aliphatic carbocycles. The van der Waals surface area contributed by atoms with Crippen LogP contribution in [0.4, 0.5) is 5.69 Å². The molecule has 32 heavy (non-hydrogen) atoms. The van der Waals surface area contributed by atoms with Gasteiger partial charge in [0, 0.05) is 30.4 Å². The Morgan fingerprint density at radius 3 is 2.06 bits per heavy atom. The molecule has 1 unspecified atom stereocenters. The van der Waals surface area contributed by atoms with Gasteiger partial charge in [-0.25, -0.2) is 8.42 Å². The van der Waals surface area contributed by atoms with Crippen molar-refractivity contribution in [3.8, 4) is 17.2 Å². The summed E-state index contributed by atoms with van der Waals surface area (Å²) < 4.78 is 41.7. The summed E-state index contributed by atoms with van der Waals surface area (Å²) in [5, 5.41) is 6.43. The van der Waals surface area contributed by atoms with Crippen LogP contribution in [0.15, 0.2) is 52.4 Å². The second kappa shape index (κ2) is 13.4. The monoisotopic (exact) mass is 577 g/mol. The molecular formula is C22H32IN3O5S. The lowest BCUT2D eigenvalue weighted by atomic mass is 10.2. The van der Waals surface area contributed by atoms with Gasteiger partial charge in [0.1, 0.15) is 0 Å². The molecule has 0 heterocycles. The summed E-state index contributed by atoms with van der Waals surface area (Å²) in [7, 11) is 1.19. The highest BCUT2D eigenvalue weighted by Crippen LogP contribution is 2.39. The molecule has 0 saturated carbocycles. The molecule has 0 aliphatic rings. The van der Waals surface area contributed by atoms with Crippen molar-refractivity contribution in [2.24, 2.45) is 4.99 Å². The van der Waals surface area contributed by atoms with Crippen molar-refractivity contribution in [2.45, 2.75) is 31.2 Å². The number of sulfone groups is 1. The zero-order chi connectivity index (χ0) is 22.9. The van der Waals surface area contributed by atoms with Gasteiger partial charge in [0.2, 0.25) is 5.75 Å². The summed E-state index contributed by atoms with van der Waals surface area (Å²) in [6.45, 7) is 4.35. The maximum absolute atomic E-state index is 12.8. The maximum Gasteiger partial charge on any atom is 0.203 e. The number of ether oxygens (including phenoxy) is 3. The Bertz CT molecular complexity index is 959. The van der Waals surface area contributed by atoms with Crippen LogP contribution in [0.25, 0.3) is 0 Å². The van der Waals surface area contributed by atoms with E-state index in [-0.39, 0.29) is 35.8 Å². The number of methoxy groups -OCH3 is 3. The second-order valence-corrected chi connectivity index (χ2v) is 8.74. The third kappa shape index (κ3) is 7.44. The lowest BCUT2D eigenvalue weighted by Gasteiger charge is -2.21. The fourth-order valence-electron chi connectivity index (χ4n) is 3.01. The van der Waals surface area contributed by atoms with Crippen LogP contribution in [-0.2, 0) is 9.84 Å². The molecule has 0 spiro atoms. The Morgan fingerprint density at radius 1 is 1.00 bits per heavy atom. The highest BCUT2D eigenvalue weighted by atomic mass is 127. The van der Waals surface area contributed by atoms with Crippen molar-refractivity contribution in [1.82, 2.24) is 5.32 Å². The molecule has 0 bridgehead atoms. The van der Waals surface area contributed by atoms with Crippen molar-refractivity contribution in [3.05, 3.63) is 42.5 Å². The number of hydrogen-bond donors (Lipinski definition) is 2. The van der Waals surface area contributed by atoms with Crippen LogP contribution < -0.4 is 24.8 Å². The van der Waals surface area contributed by atoms with Gasteiger partial charge in [-0.3, -0.25) is 4.99 Å². The number of benzene rings is 2. The average Bonchev–Trinajstić information content (AvgIpc) is 2.78. The quantitative estimate of drug-likeness (QED) is 0.251. The molecule has 0 amide bonds. The Morgan fingerprint density at radius 2 is 1.59 bits per heavy atom. The Balaban J connectivity index is 0.00000512. The number of nitrogens with one attached hydrogen (secondary N) is 2. The highest BCUT2D eigenvalue weighted by molar-refractivity contribution is 14.0. The van der Waals surface area contributed by atoms with E-state index in [4.69, 9.17) is 14.2 Å². The normalized spacial score (nSPS) is 12.3. The molecule has 0 saturated heterocycles. The van der Waals surface area contributed by atoms with E-state index in [9.17, 15) is 8.42 Å². The van der Waals surface area contributed by atoms with Gasteiger partial charge in [0.25, 0.3) is 0 Å². The van der Waals surface area contributed by atoms with E-state index < -0.39 is 9.84 Å². The SMILES string of the molecule is CCN=C(Nc1cc(OC)c(OC)c(OC)c1)NC(CC)CS(=O)(=O)c1ccccc1.I. The van der Waals surface area contributed by atoms with Crippen LogP contribution in [0, 0.1) is 0 Å². The Labute approximate surface area is 207 Å². The zero-order valence-corrected chi connectivity index (χ0v) is 22.2. The van der Waals surface area contributed by atoms with Crippen LogP contribution >= 0.6 is 24.0 Å². The molecule has 0 aliphatic heterocycles. The van der Waals surface area contributed by atoms with Crippen molar-refractivity contribution in [2.75, 3.05) is 38.9 Å². The van der Waals surface area contributed by atoms with Gasteiger partial charge in [0.05, 0.1) is 32.0 Å². The van der Waals surface area contributed by atoms with Crippen molar-refractivity contribution in [1.29, 1.82) is 0 Å². The molecule has 0 radical (unpaired) electrons. The smallest absolute Gasteiger partial charge is 0.203 e. The third-order valence-corrected chi connectivity index (χ3v) is 6.43. The van der Waals surface area contributed by atoms with Crippen molar-refractivity contribution < 1.29 is 22.6 Å². The number of guanidine groups is 1. The predicted octanol–water partition coefficient (Wildman–Crippen LogP) is 3.96. The van der Waals surface area contributed by atoms with Gasteiger partial charge in [-0.15, -0.1) is 24.0 Å². The van der Waals surface area contributed by atoms with Gasteiger partial charge >= 0.3 is 0 Å². The summed E-state index contributed by atoms with van der Waals surface area (Å²) in [5.41, 5.74) is 0.662. The molecular weight excluding hydrogens is 545 g/mol. The summed E-state index contributed by atoms with van der Waals surface area (Å²) in [6.07, 6.45) is 0.603. The van der Waals surface area contributed by atoms with Gasteiger partial charge in [-0.2, -0.15) is 0 Å². The summed E-state index contributed by atoms with van der Waals surface area (Å²) in [6, 6.07) is 11.6. The highest BCUT2D eigenvalue weighted by Gasteiger charge is 2.21. The molecule has 178 valence electrons. The van der Waals surface area contributed by atoms with Gasteiger partial charge < -0.3 is 24.8 Å². The average molecular weight is 577 g/mol. The molecule has 2 aromatic carbocycles. The van der Waals surface area contributed by atoms with Gasteiger partial charge in [-0.1, -0.05) is 25.1 Å². The molecule has 8 nitrogen and oxygen atoms in total. The van der Waals surface area contributed by atoms with Crippen LogP contribution in [0.3, 0.4) is 0 Å². The van der Waals surface area contributed by atoms with Gasteiger partial charge in [0.15, 0.2) is 27.3 Å². The third-order valence-electron chi connectivity index (χ3n) is 4.60. The first kappa shape index (κ1) is 27.8. The second-order valence-electron chi connectivity index (χ2n) is 6.71. The fourth-order valence-corrected chi connectivity index (χ4v) is 4.63. The summed E-state index contributed by atoms with van der Waals surface area (Å²) in [4.78, 5) is 4.76. The minimum absolute atomic E-state index is 0. The lowest BCUT2D eigenvalue weighted by molar-refractivity contribution is 0.324. The van der Waals surface area contributed by atoms with Gasteiger partial charge in [-0.05, 0) is 25.5 Å². The van der Waals surface area contributed by atoms with Crippen LogP contribution in [0.5, 0.6) is 17.2 Å². The first-order valence-corrected chi connectivity index (χ1v) is 11.7. The number of nitrogens with zero attached hydrogens (tertiary/aromatic N) is 1. The number of halogens is 1. The van der Waals surface area contributed by atoms with E-state index in [0.29, 0.717) is 46.8 Å². The molecule has 2 aromatic rings. The van der Waals surface area contributed by atoms with Crippen LogP contribution in [0.2, 0.25) is 0 Å². The minimum atomic E-state index is -3.44. The van der Waals surface area contributed by atoms with Crippen molar-refractivity contribution >= 4 is 45.5 Å². The summed E-state index contributed by atoms with van der Waals surface area (Å²) in [5.74, 6) is 1.90. The number of rotatable bonds is 10. The van der Waals surface area contributed by atoms with E-state index in [1.807, 2.05) is 13.8 Å². The lowest BCUT2D eigenvalue weighted by Crippen LogP contribution is -2.42. The van der Waals surface area contributed by atoms with Crippen LogP contribution in [-0.4, -0.2) is 54.0 Å². The molecule has 0 aromatic heterocycles. The molecule has 0 fully saturated rings. The fraction of sp³-hybridized carbons (Fsp3) is 0.409. The van der Waals surface area contributed by atoms with Crippen LogP contribution in [0.1, 0.15) is 20.3 Å².